The zero-order valence-electron chi connectivity index (χ0n) is 15.8. The molecule has 0 heterocycles. The van der Waals surface area contributed by atoms with Crippen LogP contribution in [0.3, 0.4) is 0 Å². The monoisotopic (exact) mass is 566 g/mol. The lowest BCUT2D eigenvalue weighted by atomic mass is 9.92. The van der Waals surface area contributed by atoms with Crippen molar-refractivity contribution in [3.63, 3.8) is 0 Å². The number of nitrogens with one attached hydrogen (secondary N) is 2. The lowest BCUT2D eigenvalue weighted by Crippen LogP contribution is -2.47. The fourth-order valence-electron chi connectivity index (χ4n) is 2.63. The molecule has 0 radical (unpaired) electrons. The third-order valence-corrected chi connectivity index (χ3v) is 5.42. The molecule has 0 aromatic heterocycles. The molecule has 1 atom stereocenters. The van der Waals surface area contributed by atoms with Gasteiger partial charge in [-0.05, 0) is 41.5 Å². The molecule has 0 aliphatic rings. The van der Waals surface area contributed by atoms with Crippen molar-refractivity contribution in [2.24, 2.45) is 0 Å². The number of alkyl halides is 6. The first-order valence-corrected chi connectivity index (χ1v) is 10.3. The lowest BCUT2D eigenvalue weighted by Gasteiger charge is -2.32. The van der Waals surface area contributed by atoms with Crippen LogP contribution < -0.4 is 10.6 Å². The smallest absolute Gasteiger partial charge is 0.381 e. The van der Waals surface area contributed by atoms with Gasteiger partial charge in [0.25, 0.3) is 0 Å². The number of rotatable bonds is 7. The number of hydrogen-bond donors (Lipinski definition) is 3. The van der Waals surface area contributed by atoms with E-state index in [1.165, 1.54) is 24.3 Å². The van der Waals surface area contributed by atoms with Crippen LogP contribution in [-0.2, 0) is 16.9 Å². The van der Waals surface area contributed by atoms with Gasteiger partial charge in [-0.25, -0.2) is 0 Å². The van der Waals surface area contributed by atoms with Gasteiger partial charge in [0, 0.05) is 26.8 Å². The molecule has 0 bridgehead atoms. The summed E-state index contributed by atoms with van der Waals surface area (Å²) < 4.78 is 78.0. The summed E-state index contributed by atoms with van der Waals surface area (Å²) in [5.74, 6) is -1.22. The minimum atomic E-state index is -5.08. The molecular weight excluding hydrogens is 553 g/mol. The van der Waals surface area contributed by atoms with Gasteiger partial charge < -0.3 is 15.7 Å². The number of aliphatic hydroxyl groups is 1. The van der Waals surface area contributed by atoms with Crippen molar-refractivity contribution >= 4 is 50.7 Å². The highest BCUT2D eigenvalue weighted by Gasteiger charge is 2.55. The van der Waals surface area contributed by atoms with Gasteiger partial charge in [0.15, 0.2) is 0 Å². The topological polar surface area (TPSA) is 61.4 Å². The second kappa shape index (κ2) is 10.1. The standard InChI is InChI=1S/C19H15BrCl2F6N2O2/c20-15-6-14(2-1-10(15)8-29-16(31)7-18(23,24)25)30-9-17(32,19(26,27)28)11-3-12(21)5-13(22)4-11/h1-6,30,32H,7-9H2,(H,29,31)/t17-/m1/s1. The van der Waals surface area contributed by atoms with Gasteiger partial charge in [-0.3, -0.25) is 4.79 Å². The van der Waals surface area contributed by atoms with Gasteiger partial charge >= 0.3 is 12.4 Å². The van der Waals surface area contributed by atoms with Gasteiger partial charge in [-0.15, -0.1) is 0 Å². The molecular formula is C19H15BrCl2F6N2O2. The van der Waals surface area contributed by atoms with E-state index >= 15 is 0 Å². The van der Waals surface area contributed by atoms with Crippen molar-refractivity contribution in [3.05, 3.63) is 62.0 Å². The maximum absolute atomic E-state index is 13.7. The fraction of sp³-hybridized carbons (Fsp3) is 0.316. The van der Waals surface area contributed by atoms with Crippen LogP contribution in [-0.4, -0.2) is 29.9 Å². The lowest BCUT2D eigenvalue weighted by molar-refractivity contribution is -0.260. The molecule has 0 unspecified atom stereocenters. The van der Waals surface area contributed by atoms with Crippen molar-refractivity contribution in [2.75, 3.05) is 11.9 Å². The molecule has 4 nitrogen and oxygen atoms in total. The quantitative estimate of drug-likeness (QED) is 0.350. The minimum Gasteiger partial charge on any atom is -0.381 e. The molecule has 0 saturated carbocycles. The second-order valence-corrected chi connectivity index (χ2v) is 8.47. The van der Waals surface area contributed by atoms with E-state index in [1.54, 1.807) is 0 Å². The van der Waals surface area contributed by atoms with E-state index in [0.29, 0.717) is 10.0 Å². The van der Waals surface area contributed by atoms with Crippen LogP contribution in [0.25, 0.3) is 0 Å². The van der Waals surface area contributed by atoms with E-state index in [-0.39, 0.29) is 22.3 Å². The van der Waals surface area contributed by atoms with Crippen molar-refractivity contribution < 1.29 is 36.2 Å². The highest BCUT2D eigenvalue weighted by Crippen LogP contribution is 2.41. The number of anilines is 1. The van der Waals surface area contributed by atoms with Crippen LogP contribution in [0.5, 0.6) is 0 Å². The van der Waals surface area contributed by atoms with E-state index in [1.807, 2.05) is 0 Å². The van der Waals surface area contributed by atoms with E-state index in [9.17, 15) is 36.2 Å². The summed E-state index contributed by atoms with van der Waals surface area (Å²) in [4.78, 5) is 11.3. The Balaban J connectivity index is 2.14. The molecule has 1 amide bonds. The van der Waals surface area contributed by atoms with Crippen LogP contribution in [0.4, 0.5) is 32.0 Å². The number of carbonyl (C=O) groups excluding carboxylic acids is 1. The van der Waals surface area contributed by atoms with Crippen molar-refractivity contribution in [3.8, 4) is 0 Å². The third-order valence-electron chi connectivity index (χ3n) is 4.25. The van der Waals surface area contributed by atoms with Crippen LogP contribution in [0.15, 0.2) is 40.9 Å². The van der Waals surface area contributed by atoms with E-state index in [4.69, 9.17) is 23.2 Å². The molecule has 0 fully saturated rings. The fourth-order valence-corrected chi connectivity index (χ4v) is 3.67. The summed E-state index contributed by atoms with van der Waals surface area (Å²) in [6.45, 7) is -1.22. The summed E-state index contributed by atoms with van der Waals surface area (Å²) in [6.07, 6.45) is -11.3. The van der Waals surface area contributed by atoms with Crippen LogP contribution in [0.1, 0.15) is 17.5 Å². The Bertz CT molecular complexity index is 967. The molecule has 32 heavy (non-hydrogen) atoms. The zero-order chi connectivity index (χ0) is 24.3. The predicted molar refractivity (Wildman–Crippen MR) is 112 cm³/mol. The number of hydrogen-bond acceptors (Lipinski definition) is 3. The second-order valence-electron chi connectivity index (χ2n) is 6.74. The third kappa shape index (κ3) is 7.16. The Morgan fingerprint density at radius 1 is 1.00 bits per heavy atom. The summed E-state index contributed by atoms with van der Waals surface area (Å²) >= 11 is 14.7. The first-order chi connectivity index (χ1) is 14.6. The van der Waals surface area contributed by atoms with Crippen LogP contribution in [0.2, 0.25) is 10.0 Å². The maximum atomic E-state index is 13.7. The normalized spacial score (nSPS) is 14.1. The van der Waals surface area contributed by atoms with Gasteiger partial charge in [-0.1, -0.05) is 45.2 Å². The van der Waals surface area contributed by atoms with Gasteiger partial charge in [0.05, 0.1) is 6.54 Å². The SMILES string of the molecule is O=C(CC(F)(F)F)NCc1ccc(NC[C@@](O)(c2cc(Cl)cc(Cl)c2)C(F)(F)F)cc1Br. The maximum Gasteiger partial charge on any atom is 0.423 e. The average Bonchev–Trinajstić information content (AvgIpc) is 2.62. The van der Waals surface area contributed by atoms with Crippen LogP contribution in [0, 0.1) is 0 Å². The van der Waals surface area contributed by atoms with Gasteiger partial charge in [0.1, 0.15) is 6.42 Å². The summed E-state index contributed by atoms with van der Waals surface area (Å²) in [7, 11) is 0. The molecule has 0 aliphatic carbocycles. The van der Waals surface area contributed by atoms with Crippen molar-refractivity contribution in [2.45, 2.75) is 30.9 Å². The first kappa shape index (κ1) is 26.6. The summed E-state index contributed by atoms with van der Waals surface area (Å²) in [5, 5.41) is 14.8. The van der Waals surface area contributed by atoms with E-state index in [0.717, 1.165) is 12.1 Å². The first-order valence-electron chi connectivity index (χ1n) is 8.72. The summed E-state index contributed by atoms with van der Waals surface area (Å²) in [5.41, 5.74) is -3.33. The van der Waals surface area contributed by atoms with Crippen molar-refractivity contribution in [1.29, 1.82) is 0 Å². The molecule has 2 rings (SSSR count). The number of carbonyl (C=O) groups is 1. The molecule has 2 aromatic rings. The largest absolute Gasteiger partial charge is 0.423 e. The molecule has 3 N–H and O–H groups in total. The predicted octanol–water partition coefficient (Wildman–Crippen LogP) is 6.19. The highest BCUT2D eigenvalue weighted by molar-refractivity contribution is 9.10. The number of halogens is 9. The minimum absolute atomic E-state index is 0.0881. The Morgan fingerprint density at radius 3 is 2.09 bits per heavy atom. The number of benzene rings is 2. The molecule has 13 heteroatoms. The zero-order valence-corrected chi connectivity index (χ0v) is 18.9. The highest BCUT2D eigenvalue weighted by atomic mass is 79.9. The molecule has 176 valence electrons. The Hall–Kier alpha value is -1.69. The Labute approximate surface area is 197 Å². The van der Waals surface area contributed by atoms with Gasteiger partial charge in [-0.2, -0.15) is 26.3 Å². The van der Waals surface area contributed by atoms with E-state index < -0.39 is 42.4 Å². The Morgan fingerprint density at radius 2 is 1.59 bits per heavy atom. The molecule has 0 spiro atoms. The van der Waals surface area contributed by atoms with Gasteiger partial charge in [0.2, 0.25) is 11.5 Å². The van der Waals surface area contributed by atoms with E-state index in [2.05, 4.69) is 26.6 Å². The molecule has 0 saturated heterocycles. The molecule has 0 aliphatic heterocycles. The summed E-state index contributed by atoms with van der Waals surface area (Å²) in [6, 6.07) is 7.21. The Kier molecular flexibility index (Phi) is 8.35. The average molecular weight is 568 g/mol. The van der Waals surface area contributed by atoms with Crippen LogP contribution >= 0.6 is 39.1 Å². The number of amides is 1. The molecule has 2 aromatic carbocycles. The van der Waals surface area contributed by atoms with Crippen molar-refractivity contribution in [1.82, 2.24) is 5.32 Å².